The molecule has 0 saturated carbocycles. The van der Waals surface area contributed by atoms with Crippen LogP contribution in [0.25, 0.3) is 0 Å². The topological polar surface area (TPSA) is 135 Å². The summed E-state index contributed by atoms with van der Waals surface area (Å²) in [4.78, 5) is 33.2. The first-order valence-corrected chi connectivity index (χ1v) is 6.23. The minimum absolute atomic E-state index is 0.0383. The number of carboxylic acid groups (broad SMARTS) is 1. The highest BCUT2D eigenvalue weighted by atomic mass is 16.6. The largest absolute Gasteiger partial charge is 0.480 e. The summed E-state index contributed by atoms with van der Waals surface area (Å²) in [6.07, 6.45) is -0.0959. The quantitative estimate of drug-likeness (QED) is 0.518. The zero-order chi connectivity index (χ0) is 16.3. The molecule has 0 aliphatic rings. The van der Waals surface area contributed by atoms with E-state index in [2.05, 4.69) is 5.32 Å². The Hall–Kier alpha value is -2.42. The van der Waals surface area contributed by atoms with Crippen LogP contribution in [0.15, 0.2) is 12.3 Å². The molecule has 0 bridgehead atoms. The molecule has 1 aromatic heterocycles. The van der Waals surface area contributed by atoms with E-state index in [1.165, 1.54) is 17.7 Å². The van der Waals surface area contributed by atoms with E-state index in [1.54, 1.807) is 13.8 Å². The van der Waals surface area contributed by atoms with Crippen molar-refractivity contribution in [1.29, 1.82) is 0 Å². The summed E-state index contributed by atoms with van der Waals surface area (Å²) in [5.74, 6) is -2.19. The first-order chi connectivity index (χ1) is 9.65. The maximum Gasteiger partial charge on any atom is 0.328 e. The van der Waals surface area contributed by atoms with Crippen molar-refractivity contribution in [2.45, 2.75) is 39.0 Å². The lowest BCUT2D eigenvalue weighted by atomic mass is 10.2. The fourth-order valence-electron chi connectivity index (χ4n) is 1.78. The van der Waals surface area contributed by atoms with Gasteiger partial charge in [0.15, 0.2) is 6.04 Å². The third-order valence-electron chi connectivity index (χ3n) is 2.87. The van der Waals surface area contributed by atoms with Gasteiger partial charge in [0.2, 0.25) is 0 Å². The van der Waals surface area contributed by atoms with Crippen LogP contribution in [0.4, 0.5) is 5.69 Å². The van der Waals surface area contributed by atoms with Gasteiger partial charge in [-0.3, -0.25) is 14.9 Å². The third-order valence-corrected chi connectivity index (χ3v) is 2.87. The molecule has 2 unspecified atom stereocenters. The number of aliphatic hydroxyl groups excluding tert-OH is 1. The highest BCUT2D eigenvalue weighted by Gasteiger charge is 2.28. The predicted molar refractivity (Wildman–Crippen MR) is 72.0 cm³/mol. The molecule has 0 aliphatic heterocycles. The molecule has 1 amide bonds. The molecule has 3 N–H and O–H groups in total. The number of nitro groups is 1. The maximum atomic E-state index is 12.1. The normalized spacial score (nSPS) is 13.8. The Balaban J connectivity index is 3.11. The van der Waals surface area contributed by atoms with Crippen molar-refractivity contribution in [2.75, 3.05) is 0 Å². The van der Waals surface area contributed by atoms with Gasteiger partial charge in [0, 0.05) is 12.1 Å². The monoisotopic (exact) mass is 299 g/mol. The molecule has 0 fully saturated rings. The smallest absolute Gasteiger partial charge is 0.328 e. The van der Waals surface area contributed by atoms with E-state index in [4.69, 9.17) is 5.11 Å². The van der Waals surface area contributed by atoms with Gasteiger partial charge < -0.3 is 20.1 Å². The first-order valence-electron chi connectivity index (χ1n) is 6.23. The molecule has 0 spiro atoms. The highest BCUT2D eigenvalue weighted by molar-refractivity contribution is 5.96. The van der Waals surface area contributed by atoms with Crippen LogP contribution in [0.5, 0.6) is 0 Å². The van der Waals surface area contributed by atoms with Crippen molar-refractivity contribution in [1.82, 2.24) is 9.88 Å². The van der Waals surface area contributed by atoms with Crippen molar-refractivity contribution in [2.24, 2.45) is 0 Å². The molecule has 9 nitrogen and oxygen atoms in total. The summed E-state index contributed by atoms with van der Waals surface area (Å²) < 4.78 is 1.37. The van der Waals surface area contributed by atoms with E-state index in [-0.39, 0.29) is 17.4 Å². The average Bonchev–Trinajstić information content (AvgIpc) is 2.80. The van der Waals surface area contributed by atoms with Gasteiger partial charge >= 0.3 is 5.97 Å². The van der Waals surface area contributed by atoms with Crippen molar-refractivity contribution in [3.05, 3.63) is 28.1 Å². The molecule has 0 aromatic carbocycles. The van der Waals surface area contributed by atoms with Crippen LogP contribution >= 0.6 is 0 Å². The Labute approximate surface area is 120 Å². The second kappa shape index (κ2) is 6.35. The number of carboxylic acids is 1. The van der Waals surface area contributed by atoms with Gasteiger partial charge in [-0.2, -0.15) is 0 Å². The number of aliphatic carboxylic acids is 1. The standard InChI is InChI=1S/C12H17N3O6/c1-6(2)14-5-8(15(20)21)4-9(14)11(17)13-10(7(3)16)12(18)19/h4-7,10,16H,1-3H3,(H,13,17)(H,18,19). The van der Waals surface area contributed by atoms with Crippen LogP contribution in [0.2, 0.25) is 0 Å². The lowest BCUT2D eigenvalue weighted by Crippen LogP contribution is -2.48. The van der Waals surface area contributed by atoms with E-state index in [1.807, 2.05) is 0 Å². The van der Waals surface area contributed by atoms with Crippen LogP contribution in [0, 0.1) is 10.1 Å². The zero-order valence-corrected chi connectivity index (χ0v) is 11.8. The van der Waals surface area contributed by atoms with Crippen LogP contribution < -0.4 is 5.32 Å². The number of hydrogen-bond acceptors (Lipinski definition) is 5. The van der Waals surface area contributed by atoms with E-state index < -0.39 is 28.9 Å². The van der Waals surface area contributed by atoms with Gasteiger partial charge in [0.25, 0.3) is 11.6 Å². The minimum atomic E-state index is -1.49. The molecule has 116 valence electrons. The summed E-state index contributed by atoms with van der Waals surface area (Å²) >= 11 is 0. The van der Waals surface area contributed by atoms with Crippen molar-refractivity contribution in [3.63, 3.8) is 0 Å². The van der Waals surface area contributed by atoms with Crippen LogP contribution in [-0.4, -0.2) is 43.7 Å². The van der Waals surface area contributed by atoms with Crippen LogP contribution in [0.1, 0.15) is 37.3 Å². The SMILES string of the molecule is CC(O)C(NC(=O)c1cc([N+](=O)[O-])cn1C(C)C)C(=O)O. The molecule has 2 atom stereocenters. The highest BCUT2D eigenvalue weighted by Crippen LogP contribution is 2.20. The molecule has 9 heteroatoms. The molecule has 1 aromatic rings. The fourth-order valence-corrected chi connectivity index (χ4v) is 1.78. The molecule has 1 heterocycles. The number of nitrogens with zero attached hydrogens (tertiary/aromatic N) is 2. The lowest BCUT2D eigenvalue weighted by molar-refractivity contribution is -0.384. The summed E-state index contributed by atoms with van der Waals surface area (Å²) in [6.45, 7) is 4.68. The molecule has 21 heavy (non-hydrogen) atoms. The first kappa shape index (κ1) is 16.6. The molecule has 0 saturated heterocycles. The zero-order valence-electron chi connectivity index (χ0n) is 11.8. The Morgan fingerprint density at radius 2 is 1.95 bits per heavy atom. The van der Waals surface area contributed by atoms with E-state index in [9.17, 15) is 24.8 Å². The Morgan fingerprint density at radius 3 is 2.33 bits per heavy atom. The molecule has 1 rings (SSSR count). The van der Waals surface area contributed by atoms with Crippen LogP contribution in [0.3, 0.4) is 0 Å². The van der Waals surface area contributed by atoms with Crippen molar-refractivity contribution in [3.8, 4) is 0 Å². The summed E-state index contributed by atoms with van der Waals surface area (Å²) in [6, 6.07) is -0.655. The Morgan fingerprint density at radius 1 is 1.38 bits per heavy atom. The van der Waals surface area contributed by atoms with Crippen LogP contribution in [-0.2, 0) is 4.79 Å². The summed E-state index contributed by atoms with van der Waals surface area (Å²) in [5.41, 5.74) is -0.304. The van der Waals surface area contributed by atoms with Gasteiger partial charge in [-0.1, -0.05) is 0 Å². The van der Waals surface area contributed by atoms with Gasteiger partial charge in [-0.25, -0.2) is 4.79 Å². The number of amides is 1. The lowest BCUT2D eigenvalue weighted by Gasteiger charge is -2.18. The maximum absolute atomic E-state index is 12.1. The van der Waals surface area contributed by atoms with Gasteiger partial charge in [0.1, 0.15) is 5.69 Å². The molecular weight excluding hydrogens is 282 g/mol. The Kier molecular flexibility index (Phi) is 5.03. The van der Waals surface area contributed by atoms with Gasteiger partial charge in [0.05, 0.1) is 17.2 Å². The van der Waals surface area contributed by atoms with E-state index in [0.717, 1.165) is 6.07 Å². The number of aromatic nitrogens is 1. The second-order valence-corrected chi connectivity index (χ2v) is 4.87. The molecule has 0 aliphatic carbocycles. The molecular formula is C12H17N3O6. The Bertz CT molecular complexity index is 563. The number of hydrogen-bond donors (Lipinski definition) is 3. The number of rotatable bonds is 6. The predicted octanol–water partition coefficient (Wildman–Crippen LogP) is 0.541. The average molecular weight is 299 g/mol. The third kappa shape index (κ3) is 3.78. The second-order valence-electron chi connectivity index (χ2n) is 4.87. The van der Waals surface area contributed by atoms with Crippen molar-refractivity contribution >= 4 is 17.6 Å². The fraction of sp³-hybridized carbons (Fsp3) is 0.500. The van der Waals surface area contributed by atoms with Gasteiger partial charge in [-0.05, 0) is 20.8 Å². The van der Waals surface area contributed by atoms with Gasteiger partial charge in [-0.15, -0.1) is 0 Å². The van der Waals surface area contributed by atoms with E-state index >= 15 is 0 Å². The number of carbonyl (C=O) groups is 2. The summed E-state index contributed by atoms with van der Waals surface area (Å²) in [5, 5.41) is 31.2. The molecule has 0 radical (unpaired) electrons. The van der Waals surface area contributed by atoms with Crippen molar-refractivity contribution < 1.29 is 24.7 Å². The van der Waals surface area contributed by atoms with E-state index in [0.29, 0.717) is 0 Å². The number of carbonyl (C=O) groups excluding carboxylic acids is 1. The minimum Gasteiger partial charge on any atom is -0.480 e. The number of aliphatic hydroxyl groups is 1. The number of nitrogens with one attached hydrogen (secondary N) is 1. The summed E-state index contributed by atoms with van der Waals surface area (Å²) in [7, 11) is 0.